The highest BCUT2D eigenvalue weighted by molar-refractivity contribution is 5.86. The molecular formula is C13H26N2O2. The molecule has 1 rings (SSSR count). The molecule has 1 amide bonds. The van der Waals surface area contributed by atoms with Crippen molar-refractivity contribution in [3.05, 3.63) is 0 Å². The van der Waals surface area contributed by atoms with E-state index in [0.29, 0.717) is 0 Å². The van der Waals surface area contributed by atoms with Crippen molar-refractivity contribution in [2.45, 2.75) is 58.0 Å². The minimum Gasteiger partial charge on any atom is -0.396 e. The second-order valence-corrected chi connectivity index (χ2v) is 5.28. The van der Waals surface area contributed by atoms with E-state index in [1.54, 1.807) is 0 Å². The summed E-state index contributed by atoms with van der Waals surface area (Å²) in [6.07, 6.45) is 3.88. The number of hydrogen-bond acceptors (Lipinski definition) is 3. The van der Waals surface area contributed by atoms with E-state index in [2.05, 4.69) is 17.6 Å². The van der Waals surface area contributed by atoms with Gasteiger partial charge in [-0.05, 0) is 38.6 Å². The fourth-order valence-electron chi connectivity index (χ4n) is 2.40. The molecule has 100 valence electrons. The maximum atomic E-state index is 12.3. The topological polar surface area (TPSA) is 61.4 Å². The molecule has 0 aromatic heterocycles. The first-order valence-electron chi connectivity index (χ1n) is 6.72. The summed E-state index contributed by atoms with van der Waals surface area (Å²) in [5, 5.41) is 15.5. The van der Waals surface area contributed by atoms with Crippen LogP contribution in [-0.2, 0) is 4.79 Å². The van der Waals surface area contributed by atoms with Crippen LogP contribution < -0.4 is 10.6 Å². The standard InChI is InChI=1S/C13H26N2O2/c1-4-6-13(7-5-8-14-13)12(17)15-11(3)10(2)9-16/h10-11,14,16H,4-9H2,1-3H3,(H,15,17). The molecular weight excluding hydrogens is 216 g/mol. The van der Waals surface area contributed by atoms with Crippen LogP contribution in [0.15, 0.2) is 0 Å². The summed E-state index contributed by atoms with van der Waals surface area (Å²) in [4.78, 5) is 12.3. The third-order valence-corrected chi connectivity index (χ3v) is 3.86. The summed E-state index contributed by atoms with van der Waals surface area (Å²) in [5.41, 5.74) is -0.363. The Hall–Kier alpha value is -0.610. The summed E-state index contributed by atoms with van der Waals surface area (Å²) in [6, 6.07) is 0.0173. The quantitative estimate of drug-likeness (QED) is 0.652. The monoisotopic (exact) mass is 242 g/mol. The fraction of sp³-hybridized carbons (Fsp3) is 0.923. The number of aliphatic hydroxyl groups is 1. The molecule has 1 heterocycles. The second kappa shape index (κ2) is 6.36. The summed E-state index contributed by atoms with van der Waals surface area (Å²) in [6.45, 7) is 7.04. The number of carbonyl (C=O) groups is 1. The molecule has 3 N–H and O–H groups in total. The van der Waals surface area contributed by atoms with Gasteiger partial charge in [-0.2, -0.15) is 0 Å². The molecule has 1 aliphatic heterocycles. The van der Waals surface area contributed by atoms with Crippen molar-refractivity contribution in [2.75, 3.05) is 13.2 Å². The van der Waals surface area contributed by atoms with Crippen LogP contribution >= 0.6 is 0 Å². The lowest BCUT2D eigenvalue weighted by Crippen LogP contribution is -2.56. The SMILES string of the molecule is CCCC1(C(=O)NC(C)C(C)CO)CCCN1. The van der Waals surface area contributed by atoms with Gasteiger partial charge >= 0.3 is 0 Å². The largest absolute Gasteiger partial charge is 0.396 e. The van der Waals surface area contributed by atoms with Gasteiger partial charge in [-0.3, -0.25) is 4.79 Å². The molecule has 1 fully saturated rings. The number of amides is 1. The Labute approximate surface area is 104 Å². The van der Waals surface area contributed by atoms with Gasteiger partial charge in [-0.15, -0.1) is 0 Å². The van der Waals surface area contributed by atoms with Gasteiger partial charge in [-0.25, -0.2) is 0 Å². The molecule has 17 heavy (non-hydrogen) atoms. The highest BCUT2D eigenvalue weighted by Crippen LogP contribution is 2.25. The zero-order valence-corrected chi connectivity index (χ0v) is 11.3. The van der Waals surface area contributed by atoms with Crippen molar-refractivity contribution in [2.24, 2.45) is 5.92 Å². The smallest absolute Gasteiger partial charge is 0.240 e. The van der Waals surface area contributed by atoms with Gasteiger partial charge in [0, 0.05) is 12.6 Å². The molecule has 0 spiro atoms. The van der Waals surface area contributed by atoms with Gasteiger partial charge in [0.05, 0.1) is 5.54 Å². The van der Waals surface area contributed by atoms with Crippen LogP contribution in [0.1, 0.15) is 46.5 Å². The molecule has 1 saturated heterocycles. The second-order valence-electron chi connectivity index (χ2n) is 5.28. The number of aliphatic hydroxyl groups excluding tert-OH is 1. The van der Waals surface area contributed by atoms with E-state index in [1.165, 1.54) is 0 Å². The predicted molar refractivity (Wildman–Crippen MR) is 68.7 cm³/mol. The molecule has 1 aliphatic rings. The molecule has 0 aromatic rings. The van der Waals surface area contributed by atoms with Crippen LogP contribution in [-0.4, -0.2) is 35.7 Å². The van der Waals surface area contributed by atoms with Crippen molar-refractivity contribution >= 4 is 5.91 Å². The Morgan fingerprint density at radius 2 is 2.24 bits per heavy atom. The average Bonchev–Trinajstić information content (AvgIpc) is 2.78. The Bertz CT molecular complexity index is 250. The van der Waals surface area contributed by atoms with E-state index >= 15 is 0 Å². The molecule has 3 unspecified atom stereocenters. The lowest BCUT2D eigenvalue weighted by Gasteiger charge is -2.31. The molecule has 0 radical (unpaired) electrons. The van der Waals surface area contributed by atoms with Crippen LogP contribution in [0.2, 0.25) is 0 Å². The normalized spacial score (nSPS) is 27.8. The first-order chi connectivity index (χ1) is 8.05. The van der Waals surface area contributed by atoms with Crippen molar-refractivity contribution < 1.29 is 9.90 Å². The van der Waals surface area contributed by atoms with Crippen molar-refractivity contribution in [3.8, 4) is 0 Å². The highest BCUT2D eigenvalue weighted by atomic mass is 16.3. The van der Waals surface area contributed by atoms with Gasteiger partial charge in [0.25, 0.3) is 0 Å². The van der Waals surface area contributed by atoms with Crippen LogP contribution in [0.4, 0.5) is 0 Å². The zero-order valence-electron chi connectivity index (χ0n) is 11.3. The van der Waals surface area contributed by atoms with E-state index < -0.39 is 0 Å². The summed E-state index contributed by atoms with van der Waals surface area (Å²) in [7, 11) is 0. The third kappa shape index (κ3) is 3.42. The van der Waals surface area contributed by atoms with E-state index in [1.807, 2.05) is 13.8 Å². The number of hydrogen-bond donors (Lipinski definition) is 3. The van der Waals surface area contributed by atoms with Gasteiger partial charge in [-0.1, -0.05) is 20.3 Å². The van der Waals surface area contributed by atoms with Gasteiger partial charge in [0.15, 0.2) is 0 Å². The first kappa shape index (κ1) is 14.5. The number of rotatable bonds is 6. The minimum absolute atomic E-state index is 0.0173. The zero-order chi connectivity index (χ0) is 12.9. The van der Waals surface area contributed by atoms with Crippen LogP contribution in [0.5, 0.6) is 0 Å². The first-order valence-corrected chi connectivity index (χ1v) is 6.72. The number of carbonyl (C=O) groups excluding carboxylic acids is 1. The molecule has 0 saturated carbocycles. The van der Waals surface area contributed by atoms with Gasteiger partial charge in [0.2, 0.25) is 5.91 Å². The predicted octanol–water partition coefficient (Wildman–Crippen LogP) is 1.04. The van der Waals surface area contributed by atoms with Crippen LogP contribution in [0.25, 0.3) is 0 Å². The lowest BCUT2D eigenvalue weighted by molar-refractivity contribution is -0.128. The van der Waals surface area contributed by atoms with Crippen LogP contribution in [0, 0.1) is 5.92 Å². The van der Waals surface area contributed by atoms with Crippen molar-refractivity contribution in [1.82, 2.24) is 10.6 Å². The maximum Gasteiger partial charge on any atom is 0.240 e. The average molecular weight is 242 g/mol. The Balaban J connectivity index is 2.60. The molecule has 0 bridgehead atoms. The third-order valence-electron chi connectivity index (χ3n) is 3.86. The Morgan fingerprint density at radius 1 is 1.53 bits per heavy atom. The summed E-state index contributed by atoms with van der Waals surface area (Å²) < 4.78 is 0. The maximum absolute atomic E-state index is 12.3. The molecule has 4 heteroatoms. The molecule has 4 nitrogen and oxygen atoms in total. The van der Waals surface area contributed by atoms with Crippen molar-refractivity contribution in [1.29, 1.82) is 0 Å². The molecule has 0 aromatic carbocycles. The van der Waals surface area contributed by atoms with Gasteiger partial charge < -0.3 is 15.7 Å². The van der Waals surface area contributed by atoms with E-state index in [9.17, 15) is 4.79 Å². The fourth-order valence-corrected chi connectivity index (χ4v) is 2.40. The molecule has 3 atom stereocenters. The van der Waals surface area contributed by atoms with Crippen molar-refractivity contribution in [3.63, 3.8) is 0 Å². The number of nitrogens with one attached hydrogen (secondary N) is 2. The summed E-state index contributed by atoms with van der Waals surface area (Å²) in [5.74, 6) is 0.198. The van der Waals surface area contributed by atoms with Gasteiger partial charge in [0.1, 0.15) is 0 Å². The van der Waals surface area contributed by atoms with E-state index in [0.717, 1.165) is 32.2 Å². The van der Waals surface area contributed by atoms with E-state index in [4.69, 9.17) is 5.11 Å². The minimum atomic E-state index is -0.363. The molecule has 0 aliphatic carbocycles. The summed E-state index contributed by atoms with van der Waals surface area (Å²) >= 11 is 0. The Morgan fingerprint density at radius 3 is 2.71 bits per heavy atom. The lowest BCUT2D eigenvalue weighted by atomic mass is 9.90. The highest BCUT2D eigenvalue weighted by Gasteiger charge is 2.40. The van der Waals surface area contributed by atoms with Crippen LogP contribution in [0.3, 0.4) is 0 Å². The Kier molecular flexibility index (Phi) is 5.40. The van der Waals surface area contributed by atoms with E-state index in [-0.39, 0.29) is 30.0 Å².